The van der Waals surface area contributed by atoms with Crippen molar-refractivity contribution in [2.24, 2.45) is 5.92 Å². The molecule has 7 heteroatoms. The summed E-state index contributed by atoms with van der Waals surface area (Å²) in [5.41, 5.74) is 3.09. The highest BCUT2D eigenvalue weighted by Gasteiger charge is 2.34. The van der Waals surface area contributed by atoms with Crippen LogP contribution < -0.4 is 5.32 Å². The number of carbonyl (C=O) groups excluding carboxylic acids is 1. The predicted octanol–water partition coefficient (Wildman–Crippen LogP) is 2.78. The third kappa shape index (κ3) is 4.22. The van der Waals surface area contributed by atoms with Gasteiger partial charge in [0.2, 0.25) is 5.91 Å². The maximum atomic E-state index is 12.4. The van der Waals surface area contributed by atoms with Gasteiger partial charge in [-0.15, -0.1) is 0 Å². The number of nitrogens with zero attached hydrogens (tertiary/aromatic N) is 2. The van der Waals surface area contributed by atoms with Crippen molar-refractivity contribution in [3.05, 3.63) is 23.5 Å². The minimum atomic E-state index is -4.17. The molecule has 1 fully saturated rings. The fourth-order valence-corrected chi connectivity index (χ4v) is 3.54. The van der Waals surface area contributed by atoms with Crippen LogP contribution in [0.25, 0.3) is 0 Å². The number of fused-ring (bicyclic) bond motifs is 1. The predicted molar refractivity (Wildman–Crippen MR) is 80.1 cm³/mol. The molecule has 0 radical (unpaired) electrons. The molecule has 2 aliphatic rings. The summed E-state index contributed by atoms with van der Waals surface area (Å²) in [6.45, 7) is -0.154. The van der Waals surface area contributed by atoms with Crippen molar-refractivity contribution in [1.29, 1.82) is 0 Å². The molecular formula is C16H20F3N3O. The highest BCUT2D eigenvalue weighted by atomic mass is 19.4. The highest BCUT2D eigenvalue weighted by molar-refractivity contribution is 5.91. The zero-order chi connectivity index (χ0) is 16.4. The summed E-state index contributed by atoms with van der Waals surface area (Å²) in [5, 5.41) is 2.89. The zero-order valence-corrected chi connectivity index (χ0v) is 12.8. The van der Waals surface area contributed by atoms with Crippen LogP contribution in [-0.2, 0) is 17.6 Å². The lowest BCUT2D eigenvalue weighted by atomic mass is 10.0. The lowest BCUT2D eigenvalue weighted by Gasteiger charge is -2.17. The molecule has 0 aromatic carbocycles. The van der Waals surface area contributed by atoms with Gasteiger partial charge in [-0.1, -0.05) is 0 Å². The first kappa shape index (κ1) is 16.2. The fraction of sp³-hybridized carbons (Fsp3) is 0.625. The number of hydrogen-bond donors (Lipinski definition) is 1. The topological polar surface area (TPSA) is 45.2 Å². The molecule has 1 unspecified atom stereocenters. The van der Waals surface area contributed by atoms with Gasteiger partial charge in [-0.3, -0.25) is 14.7 Å². The molecule has 1 N–H and O–H groups in total. The molecule has 1 aromatic rings. The van der Waals surface area contributed by atoms with Gasteiger partial charge in [0, 0.05) is 19.2 Å². The second-order valence-corrected chi connectivity index (χ2v) is 6.44. The van der Waals surface area contributed by atoms with E-state index < -0.39 is 12.7 Å². The molecule has 23 heavy (non-hydrogen) atoms. The van der Waals surface area contributed by atoms with Crippen molar-refractivity contribution < 1.29 is 18.0 Å². The molecule has 1 aliphatic heterocycles. The average molecular weight is 327 g/mol. The minimum absolute atomic E-state index is 0.0120. The number of aryl methyl sites for hydroxylation is 1. The summed E-state index contributed by atoms with van der Waals surface area (Å²) in [6.07, 6.45) is 3.22. The number of nitrogens with one attached hydrogen (secondary N) is 1. The molecule has 3 rings (SSSR count). The standard InChI is InChI=1S/C16H20F3N3O/c17-16(18,19)10-22-5-4-11(9-22)6-15(23)21-14-8-20-7-12-2-1-3-13(12)14/h7-8,11H,1-6,9-10H2,(H,21,23). The van der Waals surface area contributed by atoms with Crippen LogP contribution >= 0.6 is 0 Å². The Hall–Kier alpha value is -1.63. The van der Waals surface area contributed by atoms with Gasteiger partial charge >= 0.3 is 6.18 Å². The van der Waals surface area contributed by atoms with Crippen molar-refractivity contribution in [3.63, 3.8) is 0 Å². The number of aromatic nitrogens is 1. The fourth-order valence-electron chi connectivity index (χ4n) is 3.54. The lowest BCUT2D eigenvalue weighted by Crippen LogP contribution is -2.32. The summed E-state index contributed by atoms with van der Waals surface area (Å²) in [7, 11) is 0. The van der Waals surface area contributed by atoms with E-state index in [4.69, 9.17) is 0 Å². The largest absolute Gasteiger partial charge is 0.401 e. The number of hydrogen-bond acceptors (Lipinski definition) is 3. The summed E-state index contributed by atoms with van der Waals surface area (Å²) in [4.78, 5) is 17.7. The van der Waals surface area contributed by atoms with E-state index in [-0.39, 0.29) is 18.2 Å². The van der Waals surface area contributed by atoms with E-state index >= 15 is 0 Å². The molecule has 2 heterocycles. The highest BCUT2D eigenvalue weighted by Crippen LogP contribution is 2.29. The molecule has 1 aliphatic carbocycles. The van der Waals surface area contributed by atoms with Crippen LogP contribution in [0.3, 0.4) is 0 Å². The Labute approximate surface area is 133 Å². The zero-order valence-electron chi connectivity index (χ0n) is 12.8. The van der Waals surface area contributed by atoms with Gasteiger partial charge in [0.25, 0.3) is 0 Å². The van der Waals surface area contributed by atoms with Gasteiger partial charge in [0.05, 0.1) is 18.4 Å². The summed E-state index contributed by atoms with van der Waals surface area (Å²) < 4.78 is 37.2. The lowest BCUT2D eigenvalue weighted by molar-refractivity contribution is -0.143. The van der Waals surface area contributed by atoms with Crippen LogP contribution in [0.1, 0.15) is 30.4 Å². The monoisotopic (exact) mass is 327 g/mol. The van der Waals surface area contributed by atoms with Gasteiger partial charge in [-0.05, 0) is 49.3 Å². The van der Waals surface area contributed by atoms with Crippen molar-refractivity contribution in [2.45, 2.75) is 38.3 Å². The first-order valence-corrected chi connectivity index (χ1v) is 7.95. The van der Waals surface area contributed by atoms with Crippen molar-refractivity contribution >= 4 is 11.6 Å². The van der Waals surface area contributed by atoms with Crippen molar-refractivity contribution in [3.8, 4) is 0 Å². The van der Waals surface area contributed by atoms with E-state index in [1.165, 1.54) is 10.5 Å². The summed E-state index contributed by atoms with van der Waals surface area (Å²) >= 11 is 0. The Morgan fingerprint density at radius 2 is 2.17 bits per heavy atom. The molecule has 1 amide bonds. The van der Waals surface area contributed by atoms with E-state index in [0.717, 1.165) is 30.5 Å². The Balaban J connectivity index is 1.52. The molecule has 1 saturated heterocycles. The average Bonchev–Trinajstić information content (AvgIpc) is 3.06. The van der Waals surface area contributed by atoms with Crippen molar-refractivity contribution in [2.75, 3.05) is 25.0 Å². The van der Waals surface area contributed by atoms with Crippen LogP contribution in [0.4, 0.5) is 18.9 Å². The minimum Gasteiger partial charge on any atom is -0.324 e. The van der Waals surface area contributed by atoms with Gasteiger partial charge in [-0.25, -0.2) is 0 Å². The van der Waals surface area contributed by atoms with Crippen LogP contribution in [-0.4, -0.2) is 41.6 Å². The Morgan fingerprint density at radius 3 is 2.96 bits per heavy atom. The smallest absolute Gasteiger partial charge is 0.324 e. The SMILES string of the molecule is O=C(CC1CCN(CC(F)(F)F)C1)Nc1cncc2c1CCC2. The number of pyridine rings is 1. The first-order valence-electron chi connectivity index (χ1n) is 7.95. The summed E-state index contributed by atoms with van der Waals surface area (Å²) in [6, 6.07) is 0. The molecule has 0 bridgehead atoms. The number of rotatable bonds is 4. The second-order valence-electron chi connectivity index (χ2n) is 6.44. The second kappa shape index (κ2) is 6.47. The van der Waals surface area contributed by atoms with E-state index in [2.05, 4.69) is 10.3 Å². The molecule has 1 aromatic heterocycles. The van der Waals surface area contributed by atoms with Gasteiger partial charge in [-0.2, -0.15) is 13.2 Å². The Bertz CT molecular complexity index is 588. The molecular weight excluding hydrogens is 307 g/mol. The molecule has 126 valence electrons. The number of halogens is 3. The van der Waals surface area contributed by atoms with Crippen molar-refractivity contribution in [1.82, 2.24) is 9.88 Å². The number of anilines is 1. The normalized spacial score (nSPS) is 21.4. The molecule has 1 atom stereocenters. The van der Waals surface area contributed by atoms with E-state index in [1.807, 2.05) is 6.20 Å². The number of amides is 1. The number of carbonyl (C=O) groups is 1. The molecule has 0 spiro atoms. The van der Waals surface area contributed by atoms with Crippen LogP contribution in [0.15, 0.2) is 12.4 Å². The van der Waals surface area contributed by atoms with Crippen LogP contribution in [0.5, 0.6) is 0 Å². The third-order valence-electron chi connectivity index (χ3n) is 4.54. The number of alkyl halides is 3. The maximum absolute atomic E-state index is 12.4. The summed E-state index contributed by atoms with van der Waals surface area (Å²) in [5.74, 6) is -0.145. The third-order valence-corrected chi connectivity index (χ3v) is 4.54. The van der Waals surface area contributed by atoms with E-state index in [0.29, 0.717) is 19.5 Å². The van der Waals surface area contributed by atoms with Crippen LogP contribution in [0.2, 0.25) is 0 Å². The number of likely N-dealkylation sites (tertiary alicyclic amines) is 1. The van der Waals surface area contributed by atoms with Gasteiger partial charge in [0.15, 0.2) is 0 Å². The quantitative estimate of drug-likeness (QED) is 0.925. The maximum Gasteiger partial charge on any atom is 0.401 e. The Morgan fingerprint density at radius 1 is 1.35 bits per heavy atom. The molecule has 4 nitrogen and oxygen atoms in total. The first-order chi connectivity index (χ1) is 10.9. The van der Waals surface area contributed by atoms with Gasteiger partial charge < -0.3 is 5.32 Å². The van der Waals surface area contributed by atoms with Crippen LogP contribution in [0, 0.1) is 5.92 Å². The Kier molecular flexibility index (Phi) is 4.57. The van der Waals surface area contributed by atoms with E-state index in [1.54, 1.807) is 6.20 Å². The van der Waals surface area contributed by atoms with Gasteiger partial charge in [0.1, 0.15) is 0 Å². The van der Waals surface area contributed by atoms with E-state index in [9.17, 15) is 18.0 Å². The molecule has 0 saturated carbocycles.